The summed E-state index contributed by atoms with van der Waals surface area (Å²) in [6, 6.07) is 0. The summed E-state index contributed by atoms with van der Waals surface area (Å²) in [6.07, 6.45) is 0.615. The topological polar surface area (TPSA) is 121 Å². The molecule has 1 heterocycles. The van der Waals surface area contributed by atoms with Crippen LogP contribution in [0.1, 0.15) is 20.3 Å². The third-order valence-corrected chi connectivity index (χ3v) is 2.25. The van der Waals surface area contributed by atoms with Crippen LogP contribution < -0.4 is 16.8 Å². The van der Waals surface area contributed by atoms with Crippen molar-refractivity contribution in [2.75, 3.05) is 30.5 Å². The van der Waals surface area contributed by atoms with Crippen LogP contribution in [0, 0.1) is 0 Å². The Kier molecular flexibility index (Phi) is 5.53. The first-order valence-corrected chi connectivity index (χ1v) is 5.73. The Bertz CT molecular complexity index is 355. The highest BCUT2D eigenvalue weighted by Gasteiger charge is 2.14. The van der Waals surface area contributed by atoms with Crippen LogP contribution in [-0.2, 0) is 9.47 Å². The van der Waals surface area contributed by atoms with Crippen molar-refractivity contribution in [2.45, 2.75) is 32.6 Å². The highest BCUT2D eigenvalue weighted by molar-refractivity contribution is 5.37. The van der Waals surface area contributed by atoms with Crippen LogP contribution in [-0.4, -0.2) is 41.0 Å². The number of aromatic nitrogens is 3. The normalized spacial score (nSPS) is 14.2. The summed E-state index contributed by atoms with van der Waals surface area (Å²) < 4.78 is 10.8. The molecule has 0 radical (unpaired) electrons. The number of methoxy groups -OCH3 is 1. The van der Waals surface area contributed by atoms with Gasteiger partial charge in [0, 0.05) is 7.11 Å². The molecule has 2 unspecified atom stereocenters. The van der Waals surface area contributed by atoms with E-state index in [-0.39, 0.29) is 30.2 Å². The Morgan fingerprint density at radius 2 is 1.83 bits per heavy atom. The minimum absolute atomic E-state index is 0.0599. The first kappa shape index (κ1) is 14.4. The number of nitrogen functional groups attached to an aromatic ring is 2. The van der Waals surface area contributed by atoms with Crippen molar-refractivity contribution in [3.05, 3.63) is 0 Å². The number of hydrogen-bond acceptors (Lipinski definition) is 8. The van der Waals surface area contributed by atoms with Gasteiger partial charge in [0.2, 0.25) is 17.8 Å². The summed E-state index contributed by atoms with van der Waals surface area (Å²) in [6.45, 7) is 4.36. The van der Waals surface area contributed by atoms with Gasteiger partial charge in [0.1, 0.15) is 0 Å². The fraction of sp³-hybridized carbons (Fsp3) is 0.700. The second kappa shape index (κ2) is 6.92. The molecule has 0 aliphatic heterocycles. The monoisotopic (exact) mass is 256 g/mol. The van der Waals surface area contributed by atoms with Crippen molar-refractivity contribution in [1.29, 1.82) is 0 Å². The molecule has 0 spiro atoms. The molecular formula is C10H20N6O2. The molecule has 1 aromatic rings. The van der Waals surface area contributed by atoms with Crippen LogP contribution in [0.3, 0.4) is 0 Å². The van der Waals surface area contributed by atoms with Gasteiger partial charge < -0.3 is 26.3 Å². The van der Waals surface area contributed by atoms with Crippen LogP contribution in [0.15, 0.2) is 0 Å². The average molecular weight is 256 g/mol. The third kappa shape index (κ3) is 4.68. The maximum atomic E-state index is 5.71. The average Bonchev–Trinajstić information content (AvgIpc) is 2.27. The molecule has 1 aromatic heterocycles. The van der Waals surface area contributed by atoms with Gasteiger partial charge in [-0.05, 0) is 13.3 Å². The summed E-state index contributed by atoms with van der Waals surface area (Å²) in [5.74, 6) is 0.389. The predicted octanol–water partition coefficient (Wildman–Crippen LogP) is 0.236. The molecule has 0 aliphatic carbocycles. The first-order valence-electron chi connectivity index (χ1n) is 5.73. The van der Waals surface area contributed by atoms with Gasteiger partial charge in [-0.3, -0.25) is 0 Å². The molecule has 0 bridgehead atoms. The summed E-state index contributed by atoms with van der Waals surface area (Å²) in [4.78, 5) is 11.5. The van der Waals surface area contributed by atoms with Gasteiger partial charge in [-0.25, -0.2) is 0 Å². The van der Waals surface area contributed by atoms with E-state index >= 15 is 0 Å². The third-order valence-electron chi connectivity index (χ3n) is 2.25. The molecule has 8 heteroatoms. The maximum Gasteiger partial charge on any atom is 0.231 e. The van der Waals surface area contributed by atoms with E-state index in [1.54, 1.807) is 7.11 Å². The Morgan fingerprint density at radius 1 is 1.22 bits per heavy atom. The predicted molar refractivity (Wildman–Crippen MR) is 68.8 cm³/mol. The number of nitrogens with one attached hydrogen (secondary N) is 1. The number of anilines is 3. The lowest BCUT2D eigenvalue weighted by molar-refractivity contribution is -0.0274. The van der Waals surface area contributed by atoms with Crippen LogP contribution in [0.4, 0.5) is 17.8 Å². The molecule has 8 nitrogen and oxygen atoms in total. The smallest absolute Gasteiger partial charge is 0.231 e. The van der Waals surface area contributed by atoms with E-state index in [1.807, 2.05) is 13.8 Å². The highest BCUT2D eigenvalue weighted by Crippen LogP contribution is 2.08. The first-order chi connectivity index (χ1) is 8.55. The van der Waals surface area contributed by atoms with Gasteiger partial charge in [-0.15, -0.1) is 0 Å². The quantitative estimate of drug-likeness (QED) is 0.593. The Labute approximate surface area is 106 Å². The molecule has 18 heavy (non-hydrogen) atoms. The molecule has 0 aromatic carbocycles. The SMILES string of the molecule is CCC(C)OC(COC)Nc1nc(N)nc(N)n1. The lowest BCUT2D eigenvalue weighted by atomic mass is 10.3. The van der Waals surface area contributed by atoms with E-state index in [2.05, 4.69) is 20.3 Å². The lowest BCUT2D eigenvalue weighted by Crippen LogP contribution is -2.32. The number of nitrogens with two attached hydrogens (primary N) is 2. The molecule has 0 amide bonds. The van der Waals surface area contributed by atoms with Gasteiger partial charge in [0.25, 0.3) is 0 Å². The highest BCUT2D eigenvalue weighted by atomic mass is 16.5. The minimum Gasteiger partial charge on any atom is -0.380 e. The standard InChI is InChI=1S/C10H20N6O2/c1-4-6(2)18-7(5-17-3)13-10-15-8(11)14-9(12)16-10/h6-7H,4-5H2,1-3H3,(H5,11,12,13,14,15,16). The Morgan fingerprint density at radius 3 is 2.33 bits per heavy atom. The van der Waals surface area contributed by atoms with E-state index < -0.39 is 0 Å². The molecule has 0 fully saturated rings. The van der Waals surface area contributed by atoms with Gasteiger partial charge in [-0.2, -0.15) is 15.0 Å². The van der Waals surface area contributed by atoms with Gasteiger partial charge in [-0.1, -0.05) is 6.92 Å². The number of hydrogen-bond donors (Lipinski definition) is 3. The van der Waals surface area contributed by atoms with Gasteiger partial charge in [0.05, 0.1) is 12.7 Å². The fourth-order valence-electron chi connectivity index (χ4n) is 1.26. The molecule has 0 saturated heterocycles. The zero-order valence-electron chi connectivity index (χ0n) is 10.9. The molecule has 102 valence electrons. The summed E-state index contributed by atoms with van der Waals surface area (Å²) in [5.41, 5.74) is 11.0. The zero-order chi connectivity index (χ0) is 13.5. The number of ether oxygens (including phenoxy) is 2. The van der Waals surface area contributed by atoms with E-state index in [1.165, 1.54) is 0 Å². The van der Waals surface area contributed by atoms with Crippen molar-refractivity contribution in [3.63, 3.8) is 0 Å². The van der Waals surface area contributed by atoms with E-state index in [0.717, 1.165) is 6.42 Å². The van der Waals surface area contributed by atoms with Crippen LogP contribution in [0.25, 0.3) is 0 Å². The van der Waals surface area contributed by atoms with Crippen molar-refractivity contribution >= 4 is 17.8 Å². The molecule has 1 rings (SSSR count). The minimum atomic E-state index is -0.369. The van der Waals surface area contributed by atoms with E-state index in [0.29, 0.717) is 6.61 Å². The van der Waals surface area contributed by atoms with Crippen molar-refractivity contribution in [2.24, 2.45) is 0 Å². The Hall–Kier alpha value is -1.67. The molecule has 2 atom stereocenters. The fourth-order valence-corrected chi connectivity index (χ4v) is 1.26. The second-order valence-corrected chi connectivity index (χ2v) is 3.82. The van der Waals surface area contributed by atoms with Crippen LogP contribution >= 0.6 is 0 Å². The van der Waals surface area contributed by atoms with Crippen molar-refractivity contribution in [3.8, 4) is 0 Å². The van der Waals surface area contributed by atoms with E-state index in [9.17, 15) is 0 Å². The largest absolute Gasteiger partial charge is 0.380 e. The summed E-state index contributed by atoms with van der Waals surface area (Å²) >= 11 is 0. The molecular weight excluding hydrogens is 236 g/mol. The second-order valence-electron chi connectivity index (χ2n) is 3.82. The zero-order valence-corrected chi connectivity index (χ0v) is 10.9. The number of rotatable bonds is 7. The summed E-state index contributed by atoms with van der Waals surface area (Å²) in [7, 11) is 1.59. The molecule has 0 saturated carbocycles. The van der Waals surface area contributed by atoms with E-state index in [4.69, 9.17) is 20.9 Å². The van der Waals surface area contributed by atoms with Crippen molar-refractivity contribution in [1.82, 2.24) is 15.0 Å². The van der Waals surface area contributed by atoms with Crippen LogP contribution in [0.2, 0.25) is 0 Å². The summed E-state index contributed by atoms with van der Waals surface area (Å²) in [5, 5.41) is 2.96. The molecule has 0 aliphatic rings. The van der Waals surface area contributed by atoms with Gasteiger partial charge >= 0.3 is 0 Å². The lowest BCUT2D eigenvalue weighted by Gasteiger charge is -2.22. The molecule has 5 N–H and O–H groups in total. The number of nitrogens with zero attached hydrogens (tertiary/aromatic N) is 3. The van der Waals surface area contributed by atoms with Crippen LogP contribution in [0.5, 0.6) is 0 Å². The Balaban J connectivity index is 2.69. The van der Waals surface area contributed by atoms with Crippen molar-refractivity contribution < 1.29 is 9.47 Å². The maximum absolute atomic E-state index is 5.71. The van der Waals surface area contributed by atoms with Gasteiger partial charge in [0.15, 0.2) is 6.23 Å².